The smallest absolute Gasteiger partial charge is 0.137 e. The molecule has 1 atom stereocenters. The molecular formula is C16H21N3O2. The largest absolute Gasteiger partial charge is 0.497 e. The van der Waals surface area contributed by atoms with E-state index in [-0.39, 0.29) is 6.04 Å². The average molecular weight is 287 g/mol. The van der Waals surface area contributed by atoms with Gasteiger partial charge in [-0.15, -0.1) is 0 Å². The van der Waals surface area contributed by atoms with E-state index >= 15 is 0 Å². The first-order chi connectivity index (χ1) is 10.3. The topological polar surface area (TPSA) is 69.4 Å². The van der Waals surface area contributed by atoms with Crippen LogP contribution >= 0.6 is 0 Å². The number of hydrogen-bond acceptors (Lipinski definition) is 5. The molecule has 1 aromatic carbocycles. The van der Waals surface area contributed by atoms with Crippen LogP contribution in [0.4, 0.5) is 0 Å². The minimum absolute atomic E-state index is 0.169. The quantitative estimate of drug-likeness (QED) is 0.604. The van der Waals surface area contributed by atoms with Crippen molar-refractivity contribution in [3.8, 4) is 11.5 Å². The van der Waals surface area contributed by atoms with E-state index in [0.29, 0.717) is 6.61 Å². The summed E-state index contributed by atoms with van der Waals surface area (Å²) in [6.07, 6.45) is 4.44. The highest BCUT2D eigenvalue weighted by Crippen LogP contribution is 2.26. The minimum Gasteiger partial charge on any atom is -0.497 e. The second-order valence-electron chi connectivity index (χ2n) is 4.68. The summed E-state index contributed by atoms with van der Waals surface area (Å²) in [5.41, 5.74) is 4.77. The Hall–Kier alpha value is -2.11. The average Bonchev–Trinajstić information content (AvgIpc) is 2.54. The molecule has 1 aromatic heterocycles. The fraction of sp³-hybridized carbons (Fsp3) is 0.312. The van der Waals surface area contributed by atoms with Gasteiger partial charge >= 0.3 is 0 Å². The van der Waals surface area contributed by atoms with Crippen LogP contribution in [-0.4, -0.2) is 18.7 Å². The third-order valence-corrected chi connectivity index (χ3v) is 3.13. The Kier molecular flexibility index (Phi) is 5.54. The van der Waals surface area contributed by atoms with E-state index < -0.39 is 0 Å². The predicted molar refractivity (Wildman–Crippen MR) is 82.2 cm³/mol. The summed E-state index contributed by atoms with van der Waals surface area (Å²) in [6, 6.07) is 9.56. The molecule has 0 fully saturated rings. The molecule has 0 bridgehead atoms. The molecule has 2 rings (SSSR count). The van der Waals surface area contributed by atoms with Crippen LogP contribution in [0.2, 0.25) is 0 Å². The molecule has 0 radical (unpaired) electrons. The number of nitrogens with one attached hydrogen (secondary N) is 1. The van der Waals surface area contributed by atoms with Gasteiger partial charge in [-0.1, -0.05) is 19.1 Å². The van der Waals surface area contributed by atoms with E-state index in [1.165, 1.54) is 0 Å². The second-order valence-corrected chi connectivity index (χ2v) is 4.68. The lowest BCUT2D eigenvalue weighted by atomic mass is 10.0. The molecule has 2 aromatic rings. The maximum atomic E-state index is 5.72. The molecule has 112 valence electrons. The van der Waals surface area contributed by atoms with Crippen LogP contribution < -0.4 is 20.7 Å². The van der Waals surface area contributed by atoms with E-state index in [0.717, 1.165) is 29.0 Å². The van der Waals surface area contributed by atoms with Gasteiger partial charge < -0.3 is 9.47 Å². The van der Waals surface area contributed by atoms with Crippen molar-refractivity contribution in [2.75, 3.05) is 13.7 Å². The fourth-order valence-electron chi connectivity index (χ4n) is 2.10. The van der Waals surface area contributed by atoms with Gasteiger partial charge in [-0.05, 0) is 35.7 Å². The van der Waals surface area contributed by atoms with Gasteiger partial charge in [0.2, 0.25) is 0 Å². The summed E-state index contributed by atoms with van der Waals surface area (Å²) in [5, 5.41) is 0. The SMILES string of the molecule is CCCOc1cncc(C(NN)c2cccc(OC)c2)c1. The Bertz CT molecular complexity index is 575. The van der Waals surface area contributed by atoms with Crippen LogP contribution in [0.1, 0.15) is 30.5 Å². The number of hydrazine groups is 1. The Morgan fingerprint density at radius 3 is 2.71 bits per heavy atom. The number of methoxy groups -OCH3 is 1. The van der Waals surface area contributed by atoms with Crippen LogP contribution in [0.15, 0.2) is 42.7 Å². The monoisotopic (exact) mass is 287 g/mol. The normalized spacial score (nSPS) is 12.0. The maximum Gasteiger partial charge on any atom is 0.137 e. The van der Waals surface area contributed by atoms with Gasteiger partial charge in [-0.25, -0.2) is 5.43 Å². The first-order valence-electron chi connectivity index (χ1n) is 6.96. The highest BCUT2D eigenvalue weighted by molar-refractivity contribution is 5.37. The number of nitrogens with zero attached hydrogens (tertiary/aromatic N) is 1. The van der Waals surface area contributed by atoms with Gasteiger partial charge in [0.05, 0.1) is 26.0 Å². The van der Waals surface area contributed by atoms with E-state index in [1.807, 2.05) is 30.3 Å². The van der Waals surface area contributed by atoms with Crippen LogP contribution in [0.25, 0.3) is 0 Å². The third kappa shape index (κ3) is 3.93. The number of pyridine rings is 1. The Labute approximate surface area is 125 Å². The molecule has 0 aliphatic heterocycles. The number of nitrogens with two attached hydrogens (primary N) is 1. The summed E-state index contributed by atoms with van der Waals surface area (Å²) < 4.78 is 10.9. The maximum absolute atomic E-state index is 5.72. The minimum atomic E-state index is -0.169. The second kappa shape index (κ2) is 7.61. The molecule has 0 aliphatic rings. The van der Waals surface area contributed by atoms with Crippen LogP contribution in [0.3, 0.4) is 0 Å². The van der Waals surface area contributed by atoms with Crippen molar-refractivity contribution in [1.82, 2.24) is 10.4 Å². The lowest BCUT2D eigenvalue weighted by Crippen LogP contribution is -2.29. The molecule has 0 amide bonds. The third-order valence-electron chi connectivity index (χ3n) is 3.13. The number of rotatable bonds is 7. The zero-order valence-corrected chi connectivity index (χ0v) is 12.4. The predicted octanol–water partition coefficient (Wildman–Crippen LogP) is 2.43. The lowest BCUT2D eigenvalue weighted by Gasteiger charge is -2.18. The Morgan fingerprint density at radius 1 is 1.19 bits per heavy atom. The van der Waals surface area contributed by atoms with E-state index in [2.05, 4.69) is 17.3 Å². The number of benzene rings is 1. The van der Waals surface area contributed by atoms with Gasteiger partial charge in [0.1, 0.15) is 11.5 Å². The first kappa shape index (κ1) is 15.3. The van der Waals surface area contributed by atoms with Crippen LogP contribution in [0, 0.1) is 0 Å². The zero-order chi connectivity index (χ0) is 15.1. The van der Waals surface area contributed by atoms with Crippen molar-refractivity contribution < 1.29 is 9.47 Å². The highest BCUT2D eigenvalue weighted by atomic mass is 16.5. The Balaban J connectivity index is 2.27. The standard InChI is InChI=1S/C16H21N3O2/c1-3-7-21-15-9-13(10-18-11-15)16(19-17)12-5-4-6-14(8-12)20-2/h4-6,8-11,16,19H,3,7,17H2,1-2H3. The summed E-state index contributed by atoms with van der Waals surface area (Å²) in [7, 11) is 1.64. The van der Waals surface area contributed by atoms with Crippen molar-refractivity contribution in [3.05, 3.63) is 53.9 Å². The fourth-order valence-corrected chi connectivity index (χ4v) is 2.10. The summed E-state index contributed by atoms with van der Waals surface area (Å²) in [5.74, 6) is 7.26. The molecule has 0 saturated heterocycles. The van der Waals surface area contributed by atoms with Crippen LogP contribution in [0.5, 0.6) is 11.5 Å². The zero-order valence-electron chi connectivity index (χ0n) is 12.4. The van der Waals surface area contributed by atoms with Gasteiger partial charge in [-0.3, -0.25) is 10.8 Å². The van der Waals surface area contributed by atoms with Gasteiger partial charge in [0.25, 0.3) is 0 Å². The summed E-state index contributed by atoms with van der Waals surface area (Å²) in [6.45, 7) is 2.74. The van der Waals surface area contributed by atoms with Crippen LogP contribution in [-0.2, 0) is 0 Å². The van der Waals surface area contributed by atoms with E-state index in [9.17, 15) is 0 Å². The van der Waals surface area contributed by atoms with Crippen molar-refractivity contribution in [1.29, 1.82) is 0 Å². The van der Waals surface area contributed by atoms with Crippen molar-refractivity contribution in [2.24, 2.45) is 5.84 Å². The lowest BCUT2D eigenvalue weighted by molar-refractivity contribution is 0.315. The number of hydrogen-bond donors (Lipinski definition) is 2. The molecule has 5 nitrogen and oxygen atoms in total. The first-order valence-corrected chi connectivity index (χ1v) is 6.96. The molecule has 0 aliphatic carbocycles. The van der Waals surface area contributed by atoms with Crippen molar-refractivity contribution >= 4 is 0 Å². The van der Waals surface area contributed by atoms with Gasteiger partial charge in [0.15, 0.2) is 0 Å². The molecule has 0 saturated carbocycles. The Morgan fingerprint density at radius 2 is 2.00 bits per heavy atom. The van der Waals surface area contributed by atoms with Gasteiger partial charge in [-0.2, -0.15) is 0 Å². The number of aromatic nitrogens is 1. The highest BCUT2D eigenvalue weighted by Gasteiger charge is 2.14. The summed E-state index contributed by atoms with van der Waals surface area (Å²) in [4.78, 5) is 4.22. The molecule has 5 heteroatoms. The molecule has 0 spiro atoms. The van der Waals surface area contributed by atoms with Crippen molar-refractivity contribution in [2.45, 2.75) is 19.4 Å². The molecular weight excluding hydrogens is 266 g/mol. The molecule has 1 unspecified atom stereocenters. The van der Waals surface area contributed by atoms with Gasteiger partial charge in [0, 0.05) is 6.20 Å². The van der Waals surface area contributed by atoms with Crippen molar-refractivity contribution in [3.63, 3.8) is 0 Å². The molecule has 3 N–H and O–H groups in total. The molecule has 1 heterocycles. The number of ether oxygens (including phenoxy) is 2. The molecule has 21 heavy (non-hydrogen) atoms. The summed E-state index contributed by atoms with van der Waals surface area (Å²) >= 11 is 0. The van der Waals surface area contributed by atoms with E-state index in [1.54, 1.807) is 19.5 Å². The van der Waals surface area contributed by atoms with E-state index in [4.69, 9.17) is 15.3 Å².